The summed E-state index contributed by atoms with van der Waals surface area (Å²) in [5.41, 5.74) is -0.00291. The number of carbonyl (C=O) groups is 1. The van der Waals surface area contributed by atoms with Crippen molar-refractivity contribution in [3.8, 4) is 0 Å². The molecule has 0 saturated carbocycles. The van der Waals surface area contributed by atoms with E-state index in [4.69, 9.17) is 9.47 Å². The lowest BCUT2D eigenvalue weighted by molar-refractivity contribution is 0.0311. The normalized spacial score (nSPS) is 11.6. The molecule has 0 aromatic carbocycles. The molecule has 3 nitrogen and oxygen atoms in total. The van der Waals surface area contributed by atoms with Gasteiger partial charge in [0.25, 0.3) is 0 Å². The lowest BCUT2D eigenvalue weighted by atomic mass is 9.99. The third-order valence-corrected chi connectivity index (χ3v) is 1.54. The first-order valence-electron chi connectivity index (χ1n) is 5.11. The summed E-state index contributed by atoms with van der Waals surface area (Å²) in [6.45, 7) is 11.0. The van der Waals surface area contributed by atoms with E-state index in [9.17, 15) is 4.79 Å². The zero-order chi connectivity index (χ0) is 11.2. The first-order valence-corrected chi connectivity index (χ1v) is 5.11. The van der Waals surface area contributed by atoms with Crippen molar-refractivity contribution in [1.29, 1.82) is 0 Å². The van der Waals surface area contributed by atoms with Gasteiger partial charge in [0.15, 0.2) is 0 Å². The Morgan fingerprint density at radius 1 is 1.21 bits per heavy atom. The van der Waals surface area contributed by atoms with E-state index in [0.29, 0.717) is 19.1 Å². The second-order valence-electron chi connectivity index (χ2n) is 5.13. The second-order valence-corrected chi connectivity index (χ2v) is 5.13. The fourth-order valence-corrected chi connectivity index (χ4v) is 0.695. The molecule has 84 valence electrons. The van der Waals surface area contributed by atoms with E-state index in [-0.39, 0.29) is 5.41 Å². The zero-order valence-electron chi connectivity index (χ0n) is 9.92. The van der Waals surface area contributed by atoms with E-state index >= 15 is 0 Å². The highest BCUT2D eigenvalue weighted by atomic mass is 16.7. The fourth-order valence-electron chi connectivity index (χ4n) is 0.695. The minimum absolute atomic E-state index is 0.00291. The second kappa shape index (κ2) is 5.89. The molecule has 0 fully saturated rings. The first kappa shape index (κ1) is 13.3. The molecule has 0 atom stereocenters. The van der Waals surface area contributed by atoms with Crippen molar-refractivity contribution in [2.24, 2.45) is 11.3 Å². The predicted molar refractivity (Wildman–Crippen MR) is 56.2 cm³/mol. The summed E-state index contributed by atoms with van der Waals surface area (Å²) in [7, 11) is 0. The topological polar surface area (TPSA) is 35.5 Å². The molecule has 0 rings (SSSR count). The summed E-state index contributed by atoms with van der Waals surface area (Å²) in [6, 6.07) is 0. The van der Waals surface area contributed by atoms with Crippen LogP contribution in [0.25, 0.3) is 0 Å². The molecule has 0 aromatic heterocycles. The summed E-state index contributed by atoms with van der Waals surface area (Å²) in [6.07, 6.45) is 0.325. The molecule has 3 heteroatoms. The van der Waals surface area contributed by atoms with Crippen LogP contribution in [0.3, 0.4) is 0 Å². The Kier molecular flexibility index (Phi) is 5.58. The monoisotopic (exact) mass is 202 g/mol. The summed E-state index contributed by atoms with van der Waals surface area (Å²) in [4.78, 5) is 11.0. The van der Waals surface area contributed by atoms with Gasteiger partial charge in [-0.05, 0) is 17.8 Å². The standard InChI is InChI=1S/C11H22O3/c1-9(2)6-7-13-10(12)14-8-11(3,4)5/h9H,6-8H2,1-5H3. The molecule has 0 aliphatic rings. The molecule has 0 N–H and O–H groups in total. The largest absolute Gasteiger partial charge is 0.508 e. The molecule has 0 amide bonds. The fraction of sp³-hybridized carbons (Fsp3) is 0.909. The summed E-state index contributed by atoms with van der Waals surface area (Å²) in [5.74, 6) is 0.547. The quantitative estimate of drug-likeness (QED) is 0.656. The van der Waals surface area contributed by atoms with Gasteiger partial charge in [-0.25, -0.2) is 4.79 Å². The minimum atomic E-state index is -0.555. The Morgan fingerprint density at radius 3 is 2.21 bits per heavy atom. The average molecular weight is 202 g/mol. The van der Waals surface area contributed by atoms with Gasteiger partial charge in [0, 0.05) is 0 Å². The van der Waals surface area contributed by atoms with Crippen molar-refractivity contribution in [3.63, 3.8) is 0 Å². The molecule has 0 unspecified atom stereocenters. The maximum Gasteiger partial charge on any atom is 0.508 e. The SMILES string of the molecule is CC(C)CCOC(=O)OCC(C)(C)C. The molecule has 0 saturated heterocycles. The molecule has 0 heterocycles. The molecule has 0 radical (unpaired) electrons. The van der Waals surface area contributed by atoms with Gasteiger partial charge in [-0.3, -0.25) is 0 Å². The summed E-state index contributed by atoms with van der Waals surface area (Å²) >= 11 is 0. The average Bonchev–Trinajstić information content (AvgIpc) is 1.99. The molecular formula is C11H22O3. The van der Waals surface area contributed by atoms with Crippen LogP contribution in [0, 0.1) is 11.3 Å². The first-order chi connectivity index (χ1) is 6.31. The van der Waals surface area contributed by atoms with Crippen LogP contribution in [-0.2, 0) is 9.47 Å². The smallest absolute Gasteiger partial charge is 0.434 e. The van der Waals surface area contributed by atoms with Crippen molar-refractivity contribution in [2.75, 3.05) is 13.2 Å². The highest BCUT2D eigenvalue weighted by molar-refractivity contribution is 5.59. The maximum atomic E-state index is 11.0. The number of rotatable bonds is 4. The van der Waals surface area contributed by atoms with Crippen LogP contribution in [-0.4, -0.2) is 19.4 Å². The molecule has 0 bridgehead atoms. The van der Waals surface area contributed by atoms with Crippen LogP contribution in [0.15, 0.2) is 0 Å². The van der Waals surface area contributed by atoms with Gasteiger partial charge >= 0.3 is 6.16 Å². The van der Waals surface area contributed by atoms with Crippen LogP contribution < -0.4 is 0 Å². The Bertz CT molecular complexity index is 168. The van der Waals surface area contributed by atoms with Gasteiger partial charge in [-0.1, -0.05) is 34.6 Å². The van der Waals surface area contributed by atoms with E-state index in [0.717, 1.165) is 6.42 Å². The molecule has 0 spiro atoms. The third kappa shape index (κ3) is 9.36. The summed E-state index contributed by atoms with van der Waals surface area (Å²) < 4.78 is 9.81. The Morgan fingerprint density at radius 2 is 1.79 bits per heavy atom. The van der Waals surface area contributed by atoms with Crippen LogP contribution in [0.2, 0.25) is 0 Å². The van der Waals surface area contributed by atoms with E-state index in [1.165, 1.54) is 0 Å². The highest BCUT2D eigenvalue weighted by Gasteiger charge is 2.14. The van der Waals surface area contributed by atoms with Crippen molar-refractivity contribution in [2.45, 2.75) is 41.0 Å². The molecular weight excluding hydrogens is 180 g/mol. The number of ether oxygens (including phenoxy) is 2. The number of hydrogen-bond donors (Lipinski definition) is 0. The molecule has 0 aliphatic carbocycles. The van der Waals surface area contributed by atoms with Crippen LogP contribution in [0.1, 0.15) is 41.0 Å². The van der Waals surface area contributed by atoms with Gasteiger partial charge < -0.3 is 9.47 Å². The Hall–Kier alpha value is -0.730. The van der Waals surface area contributed by atoms with E-state index in [1.807, 2.05) is 20.8 Å². The predicted octanol–water partition coefficient (Wildman–Crippen LogP) is 3.23. The molecule has 14 heavy (non-hydrogen) atoms. The summed E-state index contributed by atoms with van der Waals surface area (Å²) in [5, 5.41) is 0. The molecule has 0 aromatic rings. The van der Waals surface area contributed by atoms with Gasteiger partial charge in [0.2, 0.25) is 0 Å². The lowest BCUT2D eigenvalue weighted by Crippen LogP contribution is -2.19. The van der Waals surface area contributed by atoms with E-state index in [1.54, 1.807) is 0 Å². The van der Waals surface area contributed by atoms with Gasteiger partial charge in [-0.2, -0.15) is 0 Å². The van der Waals surface area contributed by atoms with Gasteiger partial charge in [0.05, 0.1) is 13.2 Å². The van der Waals surface area contributed by atoms with Crippen LogP contribution in [0.5, 0.6) is 0 Å². The lowest BCUT2D eigenvalue weighted by Gasteiger charge is -2.17. The van der Waals surface area contributed by atoms with E-state index in [2.05, 4.69) is 13.8 Å². The minimum Gasteiger partial charge on any atom is -0.434 e. The van der Waals surface area contributed by atoms with Crippen molar-refractivity contribution in [3.05, 3.63) is 0 Å². The zero-order valence-corrected chi connectivity index (χ0v) is 9.92. The molecule has 0 aliphatic heterocycles. The van der Waals surface area contributed by atoms with E-state index < -0.39 is 6.16 Å². The Balaban J connectivity index is 3.47. The number of carbonyl (C=O) groups excluding carboxylic acids is 1. The van der Waals surface area contributed by atoms with Gasteiger partial charge in [-0.15, -0.1) is 0 Å². The van der Waals surface area contributed by atoms with Crippen molar-refractivity contribution < 1.29 is 14.3 Å². The number of hydrogen-bond acceptors (Lipinski definition) is 3. The van der Waals surface area contributed by atoms with Crippen LogP contribution >= 0.6 is 0 Å². The van der Waals surface area contributed by atoms with Crippen LogP contribution in [0.4, 0.5) is 4.79 Å². The van der Waals surface area contributed by atoms with Crippen molar-refractivity contribution in [1.82, 2.24) is 0 Å². The van der Waals surface area contributed by atoms with Crippen molar-refractivity contribution >= 4 is 6.16 Å². The van der Waals surface area contributed by atoms with Gasteiger partial charge in [0.1, 0.15) is 0 Å². The highest BCUT2D eigenvalue weighted by Crippen LogP contribution is 2.13. The third-order valence-electron chi connectivity index (χ3n) is 1.54. The maximum absolute atomic E-state index is 11.0. The Labute approximate surface area is 86.8 Å².